The van der Waals surface area contributed by atoms with Crippen molar-refractivity contribution >= 4 is 23.0 Å². The molecule has 0 aliphatic carbocycles. The van der Waals surface area contributed by atoms with E-state index in [0.29, 0.717) is 49.1 Å². The van der Waals surface area contributed by atoms with Gasteiger partial charge in [0.1, 0.15) is 34.8 Å². The average Bonchev–Trinajstić information content (AvgIpc) is 2.63. The first-order valence-corrected chi connectivity index (χ1v) is 11.2. The van der Waals surface area contributed by atoms with Crippen molar-refractivity contribution in [2.75, 3.05) is 42.6 Å². The SMILES string of the molecule is CC(C)(C)OC(=O)N1CCN(c2ccc(O[C@H]3CC[S@+]([O-])CC3)cc2F)CC1. The van der Waals surface area contributed by atoms with E-state index in [9.17, 15) is 13.7 Å². The van der Waals surface area contributed by atoms with Crippen molar-refractivity contribution in [1.29, 1.82) is 0 Å². The lowest BCUT2D eigenvalue weighted by Crippen LogP contribution is -2.50. The maximum atomic E-state index is 14.7. The summed E-state index contributed by atoms with van der Waals surface area (Å²) in [5, 5.41) is 0. The molecule has 2 aliphatic heterocycles. The van der Waals surface area contributed by atoms with Crippen molar-refractivity contribution in [3.05, 3.63) is 24.0 Å². The van der Waals surface area contributed by atoms with Crippen molar-refractivity contribution in [3.8, 4) is 5.75 Å². The molecule has 28 heavy (non-hydrogen) atoms. The van der Waals surface area contributed by atoms with Crippen molar-refractivity contribution < 1.29 is 23.2 Å². The average molecular weight is 413 g/mol. The molecule has 2 saturated heterocycles. The number of hydrogen-bond donors (Lipinski definition) is 0. The number of halogens is 1. The fourth-order valence-corrected chi connectivity index (χ4v) is 4.61. The molecule has 1 aromatic rings. The second-order valence-electron chi connectivity index (χ2n) is 8.23. The van der Waals surface area contributed by atoms with Crippen LogP contribution in [0.3, 0.4) is 0 Å². The Morgan fingerprint density at radius 1 is 1.18 bits per heavy atom. The molecule has 2 fully saturated rings. The van der Waals surface area contributed by atoms with Crippen LogP contribution in [0.5, 0.6) is 5.75 Å². The summed E-state index contributed by atoms with van der Waals surface area (Å²) in [6.45, 7) is 7.60. The van der Waals surface area contributed by atoms with Gasteiger partial charge in [-0.1, -0.05) is 11.2 Å². The lowest BCUT2D eigenvalue weighted by molar-refractivity contribution is 0.0240. The van der Waals surface area contributed by atoms with Crippen LogP contribution in [0.25, 0.3) is 0 Å². The Kier molecular flexibility index (Phi) is 6.60. The highest BCUT2D eigenvalue weighted by atomic mass is 32.2. The predicted octanol–water partition coefficient (Wildman–Crippen LogP) is 3.17. The summed E-state index contributed by atoms with van der Waals surface area (Å²) in [5.41, 5.74) is -0.00952. The van der Waals surface area contributed by atoms with Gasteiger partial charge in [0.2, 0.25) is 0 Å². The third-order valence-electron chi connectivity index (χ3n) is 4.83. The number of carbonyl (C=O) groups excluding carboxylic acids is 1. The molecule has 8 heteroatoms. The standard InChI is InChI=1S/C20H29FN2O4S/c1-20(2,3)27-19(24)23-10-8-22(9-11-23)18-5-4-16(14-17(18)21)26-15-6-12-28(25)13-7-15/h4-5,14-15H,6-13H2,1-3H3/t15-,28-. The fraction of sp³-hybridized carbons (Fsp3) is 0.650. The first-order valence-electron chi connectivity index (χ1n) is 9.75. The van der Waals surface area contributed by atoms with E-state index in [1.54, 1.807) is 17.0 Å². The van der Waals surface area contributed by atoms with Crippen molar-refractivity contribution in [2.24, 2.45) is 0 Å². The number of rotatable bonds is 3. The first kappa shape index (κ1) is 21.0. The minimum atomic E-state index is -0.740. The number of hydrogen-bond acceptors (Lipinski definition) is 5. The number of carbonyl (C=O) groups is 1. The Balaban J connectivity index is 1.54. The molecule has 3 rings (SSSR count). The van der Waals surface area contributed by atoms with Crippen LogP contribution in [-0.2, 0) is 15.9 Å². The number of ether oxygens (including phenoxy) is 2. The van der Waals surface area contributed by atoms with Gasteiger partial charge in [-0.25, -0.2) is 9.18 Å². The highest BCUT2D eigenvalue weighted by Gasteiger charge is 2.27. The van der Waals surface area contributed by atoms with E-state index in [0.717, 1.165) is 12.8 Å². The molecule has 0 spiro atoms. The van der Waals surface area contributed by atoms with Crippen molar-refractivity contribution in [1.82, 2.24) is 4.90 Å². The lowest BCUT2D eigenvalue weighted by atomic mass is 10.2. The van der Waals surface area contributed by atoms with Crippen molar-refractivity contribution in [2.45, 2.75) is 45.3 Å². The van der Waals surface area contributed by atoms with E-state index in [1.807, 2.05) is 25.7 Å². The van der Waals surface area contributed by atoms with Gasteiger partial charge < -0.3 is 23.8 Å². The highest BCUT2D eigenvalue weighted by molar-refractivity contribution is 7.91. The van der Waals surface area contributed by atoms with E-state index >= 15 is 0 Å². The monoisotopic (exact) mass is 412 g/mol. The van der Waals surface area contributed by atoms with Gasteiger partial charge in [-0.05, 0) is 32.9 Å². The largest absolute Gasteiger partial charge is 0.616 e. The van der Waals surface area contributed by atoms with Gasteiger partial charge in [0.15, 0.2) is 0 Å². The summed E-state index contributed by atoms with van der Waals surface area (Å²) in [4.78, 5) is 15.7. The number of piperazine rings is 1. The molecule has 0 radical (unpaired) electrons. The summed E-state index contributed by atoms with van der Waals surface area (Å²) in [7, 11) is 0. The van der Waals surface area contributed by atoms with E-state index in [2.05, 4.69) is 0 Å². The van der Waals surface area contributed by atoms with Gasteiger partial charge in [0, 0.05) is 45.1 Å². The summed E-state index contributed by atoms with van der Waals surface area (Å²) in [6.07, 6.45) is 1.15. The maximum absolute atomic E-state index is 14.7. The van der Waals surface area contributed by atoms with Crippen LogP contribution in [-0.4, -0.2) is 64.9 Å². The van der Waals surface area contributed by atoms with Crippen LogP contribution in [0.4, 0.5) is 14.9 Å². The zero-order chi connectivity index (χ0) is 20.3. The van der Waals surface area contributed by atoms with Crippen LogP contribution in [0, 0.1) is 5.82 Å². The van der Waals surface area contributed by atoms with E-state index in [-0.39, 0.29) is 18.0 Å². The molecule has 1 aromatic carbocycles. The minimum absolute atomic E-state index is 0.000300. The van der Waals surface area contributed by atoms with Crippen molar-refractivity contribution in [3.63, 3.8) is 0 Å². The van der Waals surface area contributed by atoms with Crippen LogP contribution in [0.2, 0.25) is 0 Å². The Morgan fingerprint density at radius 3 is 2.39 bits per heavy atom. The normalized spacial score (nSPS) is 23.5. The molecule has 0 atom stereocenters. The Bertz CT molecular complexity index is 681. The molecule has 0 aromatic heterocycles. The van der Waals surface area contributed by atoms with E-state index in [1.165, 1.54) is 6.07 Å². The molecular formula is C20H29FN2O4S. The van der Waals surface area contributed by atoms with Gasteiger partial charge in [0.05, 0.1) is 5.69 Å². The maximum Gasteiger partial charge on any atom is 0.410 e. The predicted molar refractivity (Wildman–Crippen MR) is 108 cm³/mol. The molecule has 0 N–H and O–H groups in total. The Hall–Kier alpha value is -1.67. The van der Waals surface area contributed by atoms with Crippen LogP contribution in [0.1, 0.15) is 33.6 Å². The van der Waals surface area contributed by atoms with E-state index in [4.69, 9.17) is 9.47 Å². The number of nitrogens with zero attached hydrogens (tertiary/aromatic N) is 2. The fourth-order valence-electron chi connectivity index (χ4n) is 3.36. The molecule has 0 unspecified atom stereocenters. The topological polar surface area (TPSA) is 65.1 Å². The smallest absolute Gasteiger partial charge is 0.410 e. The molecule has 0 bridgehead atoms. The molecule has 1 amide bonds. The third-order valence-corrected chi connectivity index (χ3v) is 6.21. The van der Waals surface area contributed by atoms with Gasteiger partial charge >= 0.3 is 6.09 Å². The molecular weight excluding hydrogens is 383 g/mol. The lowest BCUT2D eigenvalue weighted by Gasteiger charge is -2.36. The van der Waals surface area contributed by atoms with Gasteiger partial charge in [-0.15, -0.1) is 0 Å². The minimum Gasteiger partial charge on any atom is -0.616 e. The summed E-state index contributed by atoms with van der Waals surface area (Å²) >= 11 is -0.740. The Labute approximate surface area is 169 Å². The molecule has 2 heterocycles. The second-order valence-corrected chi connectivity index (χ2v) is 9.93. The molecule has 2 aliphatic rings. The van der Waals surface area contributed by atoms with Crippen LogP contribution in [0.15, 0.2) is 18.2 Å². The first-order chi connectivity index (χ1) is 13.2. The van der Waals surface area contributed by atoms with Gasteiger partial charge in [0.25, 0.3) is 0 Å². The third kappa shape index (κ3) is 5.67. The number of anilines is 1. The highest BCUT2D eigenvalue weighted by Crippen LogP contribution is 2.27. The molecule has 6 nitrogen and oxygen atoms in total. The summed E-state index contributed by atoms with van der Waals surface area (Å²) in [5.74, 6) is 1.47. The molecule has 156 valence electrons. The second kappa shape index (κ2) is 8.78. The zero-order valence-electron chi connectivity index (χ0n) is 16.8. The van der Waals surface area contributed by atoms with Crippen LogP contribution >= 0.6 is 0 Å². The number of amides is 1. The quantitative estimate of drug-likeness (QED) is 0.714. The summed E-state index contributed by atoms with van der Waals surface area (Å²) in [6, 6.07) is 4.93. The van der Waals surface area contributed by atoms with Gasteiger partial charge in [-0.3, -0.25) is 0 Å². The molecule has 0 saturated carbocycles. The van der Waals surface area contributed by atoms with E-state index < -0.39 is 16.8 Å². The Morgan fingerprint density at radius 2 is 1.82 bits per heavy atom. The number of benzene rings is 1. The zero-order valence-corrected chi connectivity index (χ0v) is 17.6. The summed E-state index contributed by atoms with van der Waals surface area (Å²) < 4.78 is 37.3. The van der Waals surface area contributed by atoms with Gasteiger partial charge in [-0.2, -0.15) is 0 Å². The van der Waals surface area contributed by atoms with Crippen LogP contribution < -0.4 is 9.64 Å².